The Kier molecular flexibility index (Phi) is 8.37. The van der Waals surface area contributed by atoms with Crippen molar-refractivity contribution in [3.05, 3.63) is 28.7 Å². The van der Waals surface area contributed by atoms with Crippen LogP contribution in [0.25, 0.3) is 0 Å². The maximum Gasteiger partial charge on any atom is 0.323 e. The molecule has 0 aliphatic carbocycles. The van der Waals surface area contributed by atoms with E-state index in [2.05, 4.69) is 33.4 Å². The Morgan fingerprint density at radius 2 is 2.00 bits per heavy atom. The second-order valence-corrected chi connectivity index (χ2v) is 7.41. The predicted octanol–water partition coefficient (Wildman–Crippen LogP) is 4.55. The Morgan fingerprint density at radius 3 is 2.57 bits per heavy atom. The summed E-state index contributed by atoms with van der Waals surface area (Å²) in [6, 6.07) is 8.27. The highest BCUT2D eigenvalue weighted by molar-refractivity contribution is 9.10. The zero-order valence-electron chi connectivity index (χ0n) is 12.7. The molecule has 1 atom stereocenters. The lowest BCUT2D eigenvalue weighted by atomic mass is 9.95. The van der Waals surface area contributed by atoms with Gasteiger partial charge in [0, 0.05) is 9.37 Å². The number of benzene rings is 1. The second kappa shape index (κ2) is 9.49. The highest BCUT2D eigenvalue weighted by atomic mass is 79.9. The van der Waals surface area contributed by atoms with Gasteiger partial charge < -0.3 is 10.4 Å². The Morgan fingerprint density at radius 1 is 1.33 bits per heavy atom. The minimum Gasteiger partial charge on any atom is -0.480 e. The lowest BCUT2D eigenvalue weighted by molar-refractivity contribution is -0.144. The first-order valence-corrected chi connectivity index (χ1v) is 9.12. The van der Waals surface area contributed by atoms with Crippen LogP contribution in [-0.4, -0.2) is 28.9 Å². The molecule has 5 heteroatoms. The molecular weight excluding hydrogens is 350 g/mol. The van der Waals surface area contributed by atoms with Crippen molar-refractivity contribution >= 4 is 33.7 Å². The minimum atomic E-state index is -0.793. The Labute approximate surface area is 140 Å². The molecule has 0 fully saturated rings. The lowest BCUT2D eigenvalue weighted by Gasteiger charge is -2.26. The summed E-state index contributed by atoms with van der Waals surface area (Å²) in [5, 5.41) is 12.5. The largest absolute Gasteiger partial charge is 0.480 e. The van der Waals surface area contributed by atoms with E-state index in [0.717, 1.165) is 36.0 Å². The monoisotopic (exact) mass is 373 g/mol. The van der Waals surface area contributed by atoms with E-state index in [1.807, 2.05) is 30.8 Å². The molecule has 3 nitrogen and oxygen atoms in total. The SMILES string of the molecule is CCCNC(C)(CCCCSc1ccc(Br)cc1)C(=O)O. The molecule has 2 N–H and O–H groups in total. The maximum atomic E-state index is 11.4. The van der Waals surface area contributed by atoms with Crippen LogP contribution in [0.3, 0.4) is 0 Å². The molecule has 118 valence electrons. The van der Waals surface area contributed by atoms with Crippen LogP contribution in [0.2, 0.25) is 0 Å². The topological polar surface area (TPSA) is 49.3 Å². The van der Waals surface area contributed by atoms with Gasteiger partial charge in [-0.1, -0.05) is 29.3 Å². The van der Waals surface area contributed by atoms with E-state index in [9.17, 15) is 9.90 Å². The highest BCUT2D eigenvalue weighted by Gasteiger charge is 2.31. The molecule has 0 radical (unpaired) electrons. The second-order valence-electron chi connectivity index (χ2n) is 5.32. The number of aliphatic carboxylic acids is 1. The lowest BCUT2D eigenvalue weighted by Crippen LogP contribution is -2.49. The van der Waals surface area contributed by atoms with E-state index < -0.39 is 11.5 Å². The summed E-state index contributed by atoms with van der Waals surface area (Å²) >= 11 is 5.24. The molecule has 0 heterocycles. The number of rotatable bonds is 10. The van der Waals surface area contributed by atoms with Crippen molar-refractivity contribution in [3.8, 4) is 0 Å². The van der Waals surface area contributed by atoms with Gasteiger partial charge in [-0.15, -0.1) is 11.8 Å². The number of hydrogen-bond acceptors (Lipinski definition) is 3. The summed E-state index contributed by atoms with van der Waals surface area (Å²) in [4.78, 5) is 12.6. The van der Waals surface area contributed by atoms with Gasteiger partial charge in [-0.05, 0) is 62.7 Å². The number of hydrogen-bond donors (Lipinski definition) is 2. The average molecular weight is 374 g/mol. The van der Waals surface area contributed by atoms with Gasteiger partial charge in [0.2, 0.25) is 0 Å². The third kappa shape index (κ3) is 6.85. The van der Waals surface area contributed by atoms with Gasteiger partial charge in [-0.3, -0.25) is 4.79 Å². The summed E-state index contributed by atoms with van der Waals surface area (Å²) in [5.41, 5.74) is -0.793. The number of unbranched alkanes of at least 4 members (excludes halogenated alkanes) is 1. The van der Waals surface area contributed by atoms with Crippen LogP contribution >= 0.6 is 27.7 Å². The van der Waals surface area contributed by atoms with Crippen LogP contribution in [0.15, 0.2) is 33.6 Å². The number of thioether (sulfide) groups is 1. The summed E-state index contributed by atoms with van der Waals surface area (Å²) in [6.07, 6.45) is 3.56. The van der Waals surface area contributed by atoms with Crippen molar-refractivity contribution in [2.45, 2.75) is 50.0 Å². The van der Waals surface area contributed by atoms with Crippen molar-refractivity contribution in [2.24, 2.45) is 0 Å². The zero-order valence-corrected chi connectivity index (χ0v) is 15.1. The number of carboxylic acids is 1. The van der Waals surface area contributed by atoms with Crippen molar-refractivity contribution in [3.63, 3.8) is 0 Å². The van der Waals surface area contributed by atoms with E-state index in [1.165, 1.54) is 4.90 Å². The fourth-order valence-corrected chi connectivity index (χ4v) is 3.15. The zero-order chi connectivity index (χ0) is 15.7. The van der Waals surface area contributed by atoms with Gasteiger partial charge in [0.1, 0.15) is 5.54 Å². The third-order valence-corrected chi connectivity index (χ3v) is 5.02. The van der Waals surface area contributed by atoms with Crippen LogP contribution in [0.1, 0.15) is 39.5 Å². The fourth-order valence-electron chi connectivity index (χ4n) is 1.97. The Balaban J connectivity index is 2.28. The van der Waals surface area contributed by atoms with E-state index >= 15 is 0 Å². The molecule has 21 heavy (non-hydrogen) atoms. The quantitative estimate of drug-likeness (QED) is 0.466. The Hall–Kier alpha value is -0.520. The van der Waals surface area contributed by atoms with Gasteiger partial charge in [-0.25, -0.2) is 0 Å². The van der Waals surface area contributed by atoms with Crippen LogP contribution in [0.5, 0.6) is 0 Å². The summed E-state index contributed by atoms with van der Waals surface area (Å²) in [6.45, 7) is 4.58. The molecule has 0 amide bonds. The van der Waals surface area contributed by atoms with Gasteiger partial charge >= 0.3 is 5.97 Å². The smallest absolute Gasteiger partial charge is 0.323 e. The summed E-state index contributed by atoms with van der Waals surface area (Å²) in [5.74, 6) is 0.266. The minimum absolute atomic E-state index is 0.670. The van der Waals surface area contributed by atoms with E-state index in [0.29, 0.717) is 6.42 Å². The first-order chi connectivity index (χ1) is 9.98. The standard InChI is InChI=1S/C16H24BrNO2S/c1-3-11-18-16(2,15(19)20)10-4-5-12-21-14-8-6-13(17)7-9-14/h6-9,18H,3-5,10-12H2,1-2H3,(H,19,20). The molecule has 1 unspecified atom stereocenters. The van der Waals surface area contributed by atoms with E-state index in [1.54, 1.807) is 6.92 Å². The van der Waals surface area contributed by atoms with Crippen LogP contribution < -0.4 is 5.32 Å². The molecule has 1 rings (SSSR count). The number of carboxylic acid groups (broad SMARTS) is 1. The van der Waals surface area contributed by atoms with E-state index in [-0.39, 0.29) is 0 Å². The summed E-state index contributed by atoms with van der Waals surface area (Å²) < 4.78 is 1.09. The number of carbonyl (C=O) groups is 1. The molecule has 1 aromatic rings. The van der Waals surface area contributed by atoms with Gasteiger partial charge in [0.15, 0.2) is 0 Å². The molecule has 0 spiro atoms. The van der Waals surface area contributed by atoms with Crippen LogP contribution in [0.4, 0.5) is 0 Å². The van der Waals surface area contributed by atoms with Crippen LogP contribution in [0, 0.1) is 0 Å². The molecule has 0 aliphatic heterocycles. The third-order valence-electron chi connectivity index (χ3n) is 3.39. The number of halogens is 1. The van der Waals surface area contributed by atoms with Crippen molar-refractivity contribution in [1.29, 1.82) is 0 Å². The van der Waals surface area contributed by atoms with Crippen molar-refractivity contribution in [1.82, 2.24) is 5.32 Å². The molecule has 0 aromatic heterocycles. The molecule has 0 saturated carbocycles. The summed E-state index contributed by atoms with van der Waals surface area (Å²) in [7, 11) is 0. The normalized spacial score (nSPS) is 13.9. The van der Waals surface area contributed by atoms with Gasteiger partial charge in [-0.2, -0.15) is 0 Å². The fraction of sp³-hybridized carbons (Fsp3) is 0.562. The van der Waals surface area contributed by atoms with Gasteiger partial charge in [0.05, 0.1) is 0 Å². The van der Waals surface area contributed by atoms with Crippen molar-refractivity contribution in [2.75, 3.05) is 12.3 Å². The van der Waals surface area contributed by atoms with Crippen molar-refractivity contribution < 1.29 is 9.90 Å². The first-order valence-electron chi connectivity index (χ1n) is 7.35. The molecule has 0 saturated heterocycles. The average Bonchev–Trinajstić information content (AvgIpc) is 2.46. The molecule has 0 bridgehead atoms. The molecular formula is C16H24BrNO2S. The highest BCUT2D eigenvalue weighted by Crippen LogP contribution is 2.23. The first kappa shape index (κ1) is 18.5. The predicted molar refractivity (Wildman–Crippen MR) is 93.1 cm³/mol. The molecule has 0 aliphatic rings. The van der Waals surface area contributed by atoms with Crippen LogP contribution in [-0.2, 0) is 4.79 Å². The Bertz CT molecular complexity index is 438. The number of nitrogens with one attached hydrogen (secondary N) is 1. The van der Waals surface area contributed by atoms with Gasteiger partial charge in [0.25, 0.3) is 0 Å². The maximum absolute atomic E-state index is 11.4. The molecule has 1 aromatic carbocycles. The van der Waals surface area contributed by atoms with E-state index in [4.69, 9.17) is 0 Å².